The van der Waals surface area contributed by atoms with E-state index in [-0.39, 0.29) is 6.03 Å². The van der Waals surface area contributed by atoms with Crippen LogP contribution >= 0.6 is 0 Å². The highest BCUT2D eigenvalue weighted by Gasteiger charge is 2.15. The van der Waals surface area contributed by atoms with E-state index in [0.29, 0.717) is 18.0 Å². The van der Waals surface area contributed by atoms with Crippen molar-refractivity contribution in [3.05, 3.63) is 54.6 Å². The summed E-state index contributed by atoms with van der Waals surface area (Å²) >= 11 is 0. The smallest absolute Gasteiger partial charge is 0.326 e. The topological polar surface area (TPSA) is 41.6 Å². The third-order valence-electron chi connectivity index (χ3n) is 2.98. The normalized spacial score (nSPS) is 9.90. The van der Waals surface area contributed by atoms with Crippen LogP contribution in [-0.2, 0) is 0 Å². The van der Waals surface area contributed by atoms with E-state index in [0.717, 1.165) is 5.69 Å². The summed E-state index contributed by atoms with van der Waals surface area (Å²) in [7, 11) is 1.58. The van der Waals surface area contributed by atoms with Gasteiger partial charge in [-0.1, -0.05) is 30.3 Å². The van der Waals surface area contributed by atoms with E-state index in [1.54, 1.807) is 12.0 Å². The van der Waals surface area contributed by atoms with Gasteiger partial charge in [0.05, 0.1) is 12.8 Å². The van der Waals surface area contributed by atoms with Crippen LogP contribution in [0.4, 0.5) is 16.2 Å². The number of rotatable bonds is 4. The fourth-order valence-corrected chi connectivity index (χ4v) is 1.98. The first-order chi connectivity index (χ1) is 9.76. The Hall–Kier alpha value is -2.49. The van der Waals surface area contributed by atoms with E-state index in [9.17, 15) is 4.79 Å². The largest absolute Gasteiger partial charge is 0.495 e. The van der Waals surface area contributed by atoms with Gasteiger partial charge < -0.3 is 10.1 Å². The molecule has 0 aliphatic carbocycles. The minimum absolute atomic E-state index is 0.178. The number of anilines is 2. The summed E-state index contributed by atoms with van der Waals surface area (Å²) in [6.07, 6.45) is 0. The molecular weight excluding hydrogens is 252 g/mol. The van der Waals surface area contributed by atoms with Crippen molar-refractivity contribution in [2.75, 3.05) is 23.9 Å². The van der Waals surface area contributed by atoms with Crippen molar-refractivity contribution < 1.29 is 9.53 Å². The van der Waals surface area contributed by atoms with Gasteiger partial charge in [0.1, 0.15) is 5.75 Å². The van der Waals surface area contributed by atoms with Crippen LogP contribution in [0.3, 0.4) is 0 Å². The molecule has 0 aliphatic heterocycles. The van der Waals surface area contributed by atoms with Gasteiger partial charge in [0.2, 0.25) is 0 Å². The Labute approximate surface area is 119 Å². The van der Waals surface area contributed by atoms with E-state index in [1.807, 2.05) is 61.5 Å². The number of nitrogens with zero attached hydrogens (tertiary/aromatic N) is 1. The van der Waals surface area contributed by atoms with Gasteiger partial charge in [-0.2, -0.15) is 0 Å². The molecule has 0 saturated heterocycles. The number of benzene rings is 2. The Morgan fingerprint density at radius 1 is 1.10 bits per heavy atom. The van der Waals surface area contributed by atoms with Gasteiger partial charge >= 0.3 is 6.03 Å². The molecule has 0 aromatic heterocycles. The maximum Gasteiger partial charge on any atom is 0.326 e. The lowest BCUT2D eigenvalue weighted by Crippen LogP contribution is -2.34. The Balaban J connectivity index is 2.18. The van der Waals surface area contributed by atoms with Crippen LogP contribution in [0.1, 0.15) is 6.92 Å². The van der Waals surface area contributed by atoms with E-state index < -0.39 is 0 Å². The van der Waals surface area contributed by atoms with Crippen LogP contribution in [0.5, 0.6) is 5.75 Å². The zero-order chi connectivity index (χ0) is 14.4. The first-order valence-electron chi connectivity index (χ1n) is 6.53. The van der Waals surface area contributed by atoms with Crippen molar-refractivity contribution in [1.29, 1.82) is 0 Å². The average Bonchev–Trinajstić information content (AvgIpc) is 2.49. The SMILES string of the molecule is CCN(C(=O)Nc1ccccc1OC)c1ccccc1. The Bertz CT molecular complexity index is 570. The van der Waals surface area contributed by atoms with Crippen LogP contribution in [0, 0.1) is 0 Å². The van der Waals surface area contributed by atoms with Crippen molar-refractivity contribution in [1.82, 2.24) is 0 Å². The summed E-state index contributed by atoms with van der Waals surface area (Å²) in [5.74, 6) is 0.643. The number of urea groups is 1. The molecule has 0 atom stereocenters. The number of nitrogens with one attached hydrogen (secondary N) is 1. The molecule has 0 bridgehead atoms. The minimum Gasteiger partial charge on any atom is -0.495 e. The molecule has 2 aromatic rings. The molecule has 4 heteroatoms. The van der Waals surface area contributed by atoms with Crippen LogP contribution in [0.2, 0.25) is 0 Å². The predicted molar refractivity (Wildman–Crippen MR) is 81.5 cm³/mol. The van der Waals surface area contributed by atoms with Crippen LogP contribution in [0.15, 0.2) is 54.6 Å². The summed E-state index contributed by atoms with van der Waals surface area (Å²) in [6.45, 7) is 2.53. The second kappa shape index (κ2) is 6.61. The molecule has 1 N–H and O–H groups in total. The third kappa shape index (κ3) is 3.09. The van der Waals surface area contributed by atoms with Gasteiger partial charge in [0.25, 0.3) is 0 Å². The number of hydrogen-bond acceptors (Lipinski definition) is 2. The second-order valence-electron chi connectivity index (χ2n) is 4.21. The van der Waals surface area contributed by atoms with Crippen molar-refractivity contribution >= 4 is 17.4 Å². The number of ether oxygens (including phenoxy) is 1. The number of carbonyl (C=O) groups excluding carboxylic acids is 1. The Kier molecular flexibility index (Phi) is 4.60. The van der Waals surface area contributed by atoms with Crippen molar-refractivity contribution in [3.8, 4) is 5.75 Å². The van der Waals surface area contributed by atoms with Crippen molar-refractivity contribution in [3.63, 3.8) is 0 Å². The van der Waals surface area contributed by atoms with Crippen molar-refractivity contribution in [2.24, 2.45) is 0 Å². The number of hydrogen-bond donors (Lipinski definition) is 1. The van der Waals surface area contributed by atoms with E-state index >= 15 is 0 Å². The summed E-state index contributed by atoms with van der Waals surface area (Å²) in [5.41, 5.74) is 1.52. The van der Waals surface area contributed by atoms with Gasteiger partial charge in [-0.05, 0) is 31.2 Å². The number of para-hydroxylation sites is 3. The monoisotopic (exact) mass is 270 g/mol. The van der Waals surface area contributed by atoms with Gasteiger partial charge in [-0.25, -0.2) is 4.79 Å². The molecule has 20 heavy (non-hydrogen) atoms. The summed E-state index contributed by atoms with van der Waals surface area (Å²) < 4.78 is 5.23. The first-order valence-corrected chi connectivity index (χ1v) is 6.53. The minimum atomic E-state index is -0.178. The van der Waals surface area contributed by atoms with E-state index in [4.69, 9.17) is 4.74 Å². The highest BCUT2D eigenvalue weighted by atomic mass is 16.5. The molecule has 0 aliphatic rings. The molecular formula is C16H18N2O2. The highest BCUT2D eigenvalue weighted by molar-refractivity contribution is 6.02. The zero-order valence-corrected chi connectivity index (χ0v) is 11.7. The number of amides is 2. The van der Waals surface area contributed by atoms with Crippen LogP contribution < -0.4 is 15.0 Å². The molecule has 0 saturated carbocycles. The summed E-state index contributed by atoms with van der Waals surface area (Å²) in [6, 6.07) is 16.7. The quantitative estimate of drug-likeness (QED) is 0.919. The van der Waals surface area contributed by atoms with Crippen molar-refractivity contribution in [2.45, 2.75) is 6.92 Å². The molecule has 0 fully saturated rings. The average molecular weight is 270 g/mol. The molecule has 0 radical (unpaired) electrons. The highest BCUT2D eigenvalue weighted by Crippen LogP contribution is 2.24. The standard InChI is InChI=1S/C16H18N2O2/c1-3-18(13-9-5-4-6-10-13)16(19)17-14-11-7-8-12-15(14)20-2/h4-12H,3H2,1-2H3,(H,17,19). The molecule has 104 valence electrons. The Morgan fingerprint density at radius 3 is 2.40 bits per heavy atom. The van der Waals surface area contributed by atoms with Gasteiger partial charge in [0, 0.05) is 12.2 Å². The van der Waals surface area contributed by atoms with Gasteiger partial charge in [-0.15, -0.1) is 0 Å². The maximum atomic E-state index is 12.4. The number of methoxy groups -OCH3 is 1. The molecule has 2 amide bonds. The molecule has 2 aromatic carbocycles. The second-order valence-corrected chi connectivity index (χ2v) is 4.21. The lowest BCUT2D eigenvalue weighted by atomic mass is 10.3. The van der Waals surface area contributed by atoms with Crippen LogP contribution in [0.25, 0.3) is 0 Å². The lowest BCUT2D eigenvalue weighted by Gasteiger charge is -2.22. The molecule has 0 spiro atoms. The van der Waals surface area contributed by atoms with Crippen LogP contribution in [-0.4, -0.2) is 19.7 Å². The summed E-state index contributed by atoms with van der Waals surface area (Å²) in [5, 5.41) is 2.87. The Morgan fingerprint density at radius 2 is 1.75 bits per heavy atom. The molecule has 4 nitrogen and oxygen atoms in total. The first kappa shape index (κ1) is 13.9. The van der Waals surface area contributed by atoms with E-state index in [2.05, 4.69) is 5.32 Å². The lowest BCUT2D eigenvalue weighted by molar-refractivity contribution is 0.257. The third-order valence-corrected chi connectivity index (χ3v) is 2.98. The fraction of sp³-hybridized carbons (Fsp3) is 0.188. The summed E-state index contributed by atoms with van der Waals surface area (Å²) in [4.78, 5) is 14.0. The number of carbonyl (C=O) groups is 1. The van der Waals surface area contributed by atoms with E-state index in [1.165, 1.54) is 0 Å². The molecule has 2 rings (SSSR count). The van der Waals surface area contributed by atoms with Gasteiger partial charge in [-0.3, -0.25) is 4.90 Å². The molecule has 0 heterocycles. The van der Waals surface area contributed by atoms with Gasteiger partial charge in [0.15, 0.2) is 0 Å². The predicted octanol–water partition coefficient (Wildman–Crippen LogP) is 3.75. The maximum absolute atomic E-state index is 12.4. The zero-order valence-electron chi connectivity index (χ0n) is 11.7. The fourth-order valence-electron chi connectivity index (χ4n) is 1.98. The molecule has 0 unspecified atom stereocenters.